The third-order valence-corrected chi connectivity index (χ3v) is 4.83. The van der Waals surface area contributed by atoms with Crippen molar-refractivity contribution in [1.29, 1.82) is 0 Å². The fourth-order valence-corrected chi connectivity index (χ4v) is 3.24. The van der Waals surface area contributed by atoms with Crippen LogP contribution in [0.1, 0.15) is 12.8 Å². The molecule has 1 aliphatic rings. The quantitative estimate of drug-likeness (QED) is 0.673. The van der Waals surface area contributed by atoms with Crippen LogP contribution < -0.4 is 14.8 Å². The summed E-state index contributed by atoms with van der Waals surface area (Å²) in [6.07, 6.45) is 1.69. The van der Waals surface area contributed by atoms with Crippen LogP contribution >= 0.6 is 0 Å². The topological polar surface area (TPSA) is 54.0 Å². The fourth-order valence-electron chi connectivity index (χ4n) is 3.24. The summed E-state index contributed by atoms with van der Waals surface area (Å²) in [4.78, 5) is 2.44. The molecular weight excluding hydrogens is 340 g/mol. The molecule has 1 saturated heterocycles. The number of hydrogen-bond acceptors (Lipinski definition) is 5. The zero-order chi connectivity index (χ0) is 18.7. The summed E-state index contributed by atoms with van der Waals surface area (Å²) in [7, 11) is 0. The van der Waals surface area contributed by atoms with Gasteiger partial charge in [-0.2, -0.15) is 0 Å². The maximum absolute atomic E-state index is 10.1. The van der Waals surface area contributed by atoms with E-state index >= 15 is 0 Å². The van der Waals surface area contributed by atoms with Gasteiger partial charge in [0.2, 0.25) is 0 Å². The van der Waals surface area contributed by atoms with Gasteiger partial charge in [-0.3, -0.25) is 4.90 Å². The summed E-state index contributed by atoms with van der Waals surface area (Å²) in [5, 5.41) is 13.6. The molecule has 146 valence electrons. The van der Waals surface area contributed by atoms with E-state index in [1.54, 1.807) is 0 Å². The summed E-state index contributed by atoms with van der Waals surface area (Å²) in [6.45, 7) is 4.67. The minimum atomic E-state index is -0.498. The molecule has 0 radical (unpaired) electrons. The van der Waals surface area contributed by atoms with Gasteiger partial charge in [0.05, 0.1) is 0 Å². The zero-order valence-electron chi connectivity index (χ0n) is 15.8. The summed E-state index contributed by atoms with van der Waals surface area (Å²) in [6, 6.07) is 20.0. The van der Waals surface area contributed by atoms with Crippen LogP contribution in [-0.2, 0) is 0 Å². The number of likely N-dealkylation sites (tertiary alicyclic amines) is 1. The maximum atomic E-state index is 10.1. The summed E-state index contributed by atoms with van der Waals surface area (Å²) in [5.74, 6) is 1.73. The third kappa shape index (κ3) is 7.21. The molecule has 0 amide bonds. The highest BCUT2D eigenvalue weighted by Gasteiger charge is 2.19. The van der Waals surface area contributed by atoms with Crippen LogP contribution in [0.2, 0.25) is 0 Å². The molecule has 0 aromatic heterocycles. The van der Waals surface area contributed by atoms with Crippen molar-refractivity contribution in [2.75, 3.05) is 39.4 Å². The molecule has 3 rings (SSSR count). The number of nitrogens with one attached hydrogen (secondary N) is 1. The van der Waals surface area contributed by atoms with Crippen molar-refractivity contribution in [1.82, 2.24) is 10.2 Å². The van der Waals surface area contributed by atoms with E-state index in [2.05, 4.69) is 10.2 Å². The van der Waals surface area contributed by atoms with Crippen molar-refractivity contribution in [2.45, 2.75) is 25.0 Å². The molecule has 2 aromatic carbocycles. The van der Waals surface area contributed by atoms with Crippen LogP contribution in [0.25, 0.3) is 0 Å². The van der Waals surface area contributed by atoms with E-state index in [-0.39, 0.29) is 0 Å². The Balaban J connectivity index is 1.25. The average Bonchev–Trinajstić information content (AvgIpc) is 2.73. The minimum absolute atomic E-state index is 0.312. The second-order valence-corrected chi connectivity index (χ2v) is 6.96. The van der Waals surface area contributed by atoms with Gasteiger partial charge in [-0.25, -0.2) is 0 Å². The van der Waals surface area contributed by atoms with Gasteiger partial charge in [0.15, 0.2) is 0 Å². The summed E-state index contributed by atoms with van der Waals surface area (Å²) < 4.78 is 11.4. The number of benzene rings is 2. The van der Waals surface area contributed by atoms with Gasteiger partial charge >= 0.3 is 0 Å². The van der Waals surface area contributed by atoms with Crippen molar-refractivity contribution < 1.29 is 14.6 Å². The van der Waals surface area contributed by atoms with E-state index in [1.807, 2.05) is 60.7 Å². The highest BCUT2D eigenvalue weighted by molar-refractivity contribution is 5.21. The molecule has 2 aromatic rings. The Morgan fingerprint density at radius 2 is 1.52 bits per heavy atom. The van der Waals surface area contributed by atoms with Crippen molar-refractivity contribution >= 4 is 0 Å². The van der Waals surface area contributed by atoms with Gasteiger partial charge in [-0.1, -0.05) is 36.4 Å². The van der Waals surface area contributed by atoms with Gasteiger partial charge in [0.25, 0.3) is 0 Å². The first kappa shape index (κ1) is 19.7. The first-order chi connectivity index (χ1) is 13.3. The molecule has 1 fully saturated rings. The molecule has 0 bridgehead atoms. The Kier molecular flexibility index (Phi) is 7.96. The summed E-state index contributed by atoms with van der Waals surface area (Å²) in [5.41, 5.74) is 0. The third-order valence-electron chi connectivity index (χ3n) is 4.83. The van der Waals surface area contributed by atoms with Crippen molar-refractivity contribution in [3.05, 3.63) is 60.7 Å². The molecular formula is C22H30N2O3. The molecule has 1 unspecified atom stereocenters. The number of ether oxygens (including phenoxy) is 2. The number of nitrogens with zero attached hydrogens (tertiary/aromatic N) is 1. The van der Waals surface area contributed by atoms with Crippen LogP contribution in [0.5, 0.6) is 11.5 Å². The average molecular weight is 370 g/mol. The number of aliphatic hydroxyl groups excluding tert-OH is 1. The lowest BCUT2D eigenvalue weighted by Crippen LogP contribution is -2.46. The van der Waals surface area contributed by atoms with E-state index in [4.69, 9.17) is 9.47 Å². The Labute approximate surface area is 161 Å². The second-order valence-electron chi connectivity index (χ2n) is 6.96. The standard InChI is InChI=1S/C22H30N2O3/c25-20(18-27-22-9-5-2-6-10-22)17-23-19-11-13-24(14-12-19)15-16-26-21-7-3-1-4-8-21/h1-10,19-20,23,25H,11-18H2. The Bertz CT molecular complexity index is 631. The number of piperidine rings is 1. The van der Waals surface area contributed by atoms with Crippen molar-refractivity contribution in [2.24, 2.45) is 0 Å². The van der Waals surface area contributed by atoms with Crippen LogP contribution in [0, 0.1) is 0 Å². The normalized spacial score (nSPS) is 16.8. The molecule has 5 nitrogen and oxygen atoms in total. The van der Waals surface area contributed by atoms with Gasteiger partial charge in [0, 0.05) is 19.1 Å². The van der Waals surface area contributed by atoms with Crippen LogP contribution in [0.15, 0.2) is 60.7 Å². The molecule has 0 aliphatic carbocycles. The van der Waals surface area contributed by atoms with Gasteiger partial charge < -0.3 is 19.9 Å². The maximum Gasteiger partial charge on any atom is 0.119 e. The monoisotopic (exact) mass is 370 g/mol. The molecule has 1 aliphatic heterocycles. The molecule has 27 heavy (non-hydrogen) atoms. The van der Waals surface area contributed by atoms with Crippen LogP contribution in [0.4, 0.5) is 0 Å². The van der Waals surface area contributed by atoms with Gasteiger partial charge in [-0.05, 0) is 50.2 Å². The SMILES string of the molecule is OC(CNC1CCN(CCOc2ccccc2)CC1)COc1ccccc1. The molecule has 5 heteroatoms. The van der Waals surface area contributed by atoms with Gasteiger partial charge in [-0.15, -0.1) is 0 Å². The number of rotatable bonds is 10. The predicted molar refractivity (Wildman–Crippen MR) is 107 cm³/mol. The molecule has 1 heterocycles. The second kappa shape index (κ2) is 10.9. The number of hydrogen-bond donors (Lipinski definition) is 2. The van der Waals surface area contributed by atoms with Crippen molar-refractivity contribution in [3.63, 3.8) is 0 Å². The summed E-state index contributed by atoms with van der Waals surface area (Å²) >= 11 is 0. The van der Waals surface area contributed by atoms with Crippen LogP contribution in [-0.4, -0.2) is 61.5 Å². The fraction of sp³-hybridized carbons (Fsp3) is 0.455. The zero-order valence-corrected chi connectivity index (χ0v) is 15.8. The smallest absolute Gasteiger partial charge is 0.119 e. The van der Waals surface area contributed by atoms with Gasteiger partial charge in [0.1, 0.15) is 30.8 Å². The van der Waals surface area contributed by atoms with E-state index in [9.17, 15) is 5.11 Å². The lowest BCUT2D eigenvalue weighted by molar-refractivity contribution is 0.0972. The number of aliphatic hydroxyl groups is 1. The lowest BCUT2D eigenvalue weighted by Gasteiger charge is -2.32. The lowest BCUT2D eigenvalue weighted by atomic mass is 10.0. The van der Waals surface area contributed by atoms with E-state index in [1.165, 1.54) is 0 Å². The predicted octanol–water partition coefficient (Wildman–Crippen LogP) is 2.56. The van der Waals surface area contributed by atoms with E-state index in [0.717, 1.165) is 50.6 Å². The Morgan fingerprint density at radius 3 is 2.15 bits per heavy atom. The minimum Gasteiger partial charge on any atom is -0.492 e. The molecule has 2 N–H and O–H groups in total. The molecule has 1 atom stereocenters. The largest absolute Gasteiger partial charge is 0.492 e. The first-order valence-corrected chi connectivity index (χ1v) is 9.79. The Morgan fingerprint density at radius 1 is 0.926 bits per heavy atom. The highest BCUT2D eigenvalue weighted by atomic mass is 16.5. The number of para-hydroxylation sites is 2. The highest BCUT2D eigenvalue weighted by Crippen LogP contribution is 2.12. The van der Waals surface area contributed by atoms with Crippen LogP contribution in [0.3, 0.4) is 0 Å². The van der Waals surface area contributed by atoms with E-state index in [0.29, 0.717) is 19.2 Å². The first-order valence-electron chi connectivity index (χ1n) is 9.79. The van der Waals surface area contributed by atoms with E-state index < -0.39 is 6.10 Å². The molecule has 0 saturated carbocycles. The molecule has 0 spiro atoms. The Hall–Kier alpha value is -2.08. The van der Waals surface area contributed by atoms with Crippen molar-refractivity contribution in [3.8, 4) is 11.5 Å².